The Morgan fingerprint density at radius 1 is 1.42 bits per heavy atom. The molecule has 5 nitrogen and oxygen atoms in total. The van der Waals surface area contributed by atoms with Crippen molar-refractivity contribution in [2.45, 2.75) is 26.4 Å². The Bertz CT molecular complexity index is 897. The third-order valence-corrected chi connectivity index (χ3v) is 4.00. The van der Waals surface area contributed by atoms with E-state index in [4.69, 9.17) is 14.7 Å². The van der Waals surface area contributed by atoms with Crippen molar-refractivity contribution in [1.29, 1.82) is 5.26 Å². The van der Waals surface area contributed by atoms with Crippen molar-refractivity contribution in [3.63, 3.8) is 0 Å². The van der Waals surface area contributed by atoms with Crippen molar-refractivity contribution in [3.05, 3.63) is 59.2 Å². The van der Waals surface area contributed by atoms with Gasteiger partial charge >= 0.3 is 0 Å². The van der Waals surface area contributed by atoms with E-state index < -0.39 is 0 Å². The molecule has 1 heterocycles. The number of nitrogens with one attached hydrogen (secondary N) is 1. The van der Waals surface area contributed by atoms with Gasteiger partial charge < -0.3 is 14.8 Å². The van der Waals surface area contributed by atoms with Crippen molar-refractivity contribution in [1.82, 2.24) is 0 Å². The van der Waals surface area contributed by atoms with Gasteiger partial charge in [0.25, 0.3) is 0 Å². The highest BCUT2D eigenvalue weighted by molar-refractivity contribution is 6.02. The topological polar surface area (TPSA) is 71.3 Å². The SMILES string of the molecule is CCOc1cc2c(cc1/C=C/C(=O)Nc1cccc(C#N)c1)O[C@@H](C)C2. The first kappa shape index (κ1) is 17.6. The van der Waals surface area contributed by atoms with Crippen LogP contribution in [0.3, 0.4) is 0 Å². The van der Waals surface area contributed by atoms with E-state index in [-0.39, 0.29) is 12.0 Å². The van der Waals surface area contributed by atoms with Gasteiger partial charge in [-0.15, -0.1) is 0 Å². The van der Waals surface area contributed by atoms with E-state index in [0.29, 0.717) is 17.9 Å². The summed E-state index contributed by atoms with van der Waals surface area (Å²) < 4.78 is 11.5. The maximum atomic E-state index is 12.2. The number of ether oxygens (including phenoxy) is 2. The van der Waals surface area contributed by atoms with E-state index >= 15 is 0 Å². The van der Waals surface area contributed by atoms with Gasteiger partial charge in [-0.05, 0) is 50.3 Å². The van der Waals surface area contributed by atoms with Gasteiger partial charge in [0, 0.05) is 29.3 Å². The molecular weight excluding hydrogens is 328 g/mol. The zero-order valence-electron chi connectivity index (χ0n) is 14.8. The lowest BCUT2D eigenvalue weighted by atomic mass is 10.1. The van der Waals surface area contributed by atoms with Crippen molar-refractivity contribution >= 4 is 17.7 Å². The largest absolute Gasteiger partial charge is 0.493 e. The minimum atomic E-state index is -0.280. The number of hydrogen-bond acceptors (Lipinski definition) is 4. The summed E-state index contributed by atoms with van der Waals surface area (Å²) in [5.74, 6) is 1.29. The Morgan fingerprint density at radius 3 is 3.04 bits per heavy atom. The van der Waals surface area contributed by atoms with Crippen molar-refractivity contribution in [2.75, 3.05) is 11.9 Å². The third kappa shape index (κ3) is 4.04. The third-order valence-electron chi connectivity index (χ3n) is 4.00. The molecule has 0 aliphatic carbocycles. The lowest BCUT2D eigenvalue weighted by molar-refractivity contribution is -0.111. The van der Waals surface area contributed by atoms with Gasteiger partial charge in [0.05, 0.1) is 18.2 Å². The first-order valence-corrected chi connectivity index (χ1v) is 8.54. The number of nitriles is 1. The maximum Gasteiger partial charge on any atom is 0.248 e. The zero-order chi connectivity index (χ0) is 18.5. The number of carbonyl (C=O) groups is 1. The Kier molecular flexibility index (Phi) is 5.23. The number of carbonyl (C=O) groups excluding carboxylic acids is 1. The van der Waals surface area contributed by atoms with Gasteiger partial charge in [0.15, 0.2) is 0 Å². The van der Waals surface area contributed by atoms with E-state index in [9.17, 15) is 4.79 Å². The molecule has 0 aromatic heterocycles. The average Bonchev–Trinajstić information content (AvgIpc) is 2.99. The highest BCUT2D eigenvalue weighted by atomic mass is 16.5. The predicted octanol–water partition coefficient (Wildman–Crippen LogP) is 3.93. The summed E-state index contributed by atoms with van der Waals surface area (Å²) in [6.07, 6.45) is 4.16. The van der Waals surface area contributed by atoms with E-state index in [2.05, 4.69) is 5.32 Å². The Labute approximate surface area is 152 Å². The molecule has 0 spiro atoms. The minimum absolute atomic E-state index is 0.148. The van der Waals surface area contributed by atoms with E-state index in [0.717, 1.165) is 29.0 Å². The Morgan fingerprint density at radius 2 is 2.27 bits per heavy atom. The molecule has 26 heavy (non-hydrogen) atoms. The summed E-state index contributed by atoms with van der Waals surface area (Å²) in [6, 6.07) is 12.7. The monoisotopic (exact) mass is 348 g/mol. The minimum Gasteiger partial charge on any atom is -0.493 e. The number of amides is 1. The van der Waals surface area contributed by atoms with Gasteiger partial charge in [0.2, 0.25) is 5.91 Å². The van der Waals surface area contributed by atoms with Gasteiger partial charge in [-0.3, -0.25) is 4.79 Å². The number of hydrogen-bond donors (Lipinski definition) is 1. The number of fused-ring (bicyclic) bond motifs is 1. The highest BCUT2D eigenvalue weighted by Crippen LogP contribution is 2.35. The van der Waals surface area contributed by atoms with Crippen LogP contribution in [0.4, 0.5) is 5.69 Å². The zero-order valence-corrected chi connectivity index (χ0v) is 14.8. The lowest BCUT2D eigenvalue weighted by Gasteiger charge is -2.10. The highest BCUT2D eigenvalue weighted by Gasteiger charge is 2.21. The summed E-state index contributed by atoms with van der Waals surface area (Å²) in [5, 5.41) is 11.7. The first-order valence-electron chi connectivity index (χ1n) is 8.54. The summed E-state index contributed by atoms with van der Waals surface area (Å²) in [7, 11) is 0. The molecule has 3 rings (SSSR count). The molecule has 1 amide bonds. The number of benzene rings is 2. The fourth-order valence-electron chi connectivity index (χ4n) is 2.88. The molecular formula is C21H20N2O3. The van der Waals surface area contributed by atoms with Crippen LogP contribution in [0.1, 0.15) is 30.5 Å². The van der Waals surface area contributed by atoms with Crippen molar-refractivity contribution < 1.29 is 14.3 Å². The molecule has 1 aliphatic rings. The smallest absolute Gasteiger partial charge is 0.248 e. The molecule has 1 atom stereocenters. The summed E-state index contributed by atoms with van der Waals surface area (Å²) in [5.41, 5.74) is 2.99. The molecule has 1 N–H and O–H groups in total. The van der Waals surface area contributed by atoms with Crippen LogP contribution in [0.5, 0.6) is 11.5 Å². The van der Waals surface area contributed by atoms with Gasteiger partial charge in [-0.2, -0.15) is 5.26 Å². The number of nitrogens with zero attached hydrogens (tertiary/aromatic N) is 1. The van der Waals surface area contributed by atoms with E-state index in [1.54, 1.807) is 30.3 Å². The van der Waals surface area contributed by atoms with Crippen LogP contribution in [0.2, 0.25) is 0 Å². The molecule has 2 aromatic rings. The quantitative estimate of drug-likeness (QED) is 0.831. The fourth-order valence-corrected chi connectivity index (χ4v) is 2.88. The summed E-state index contributed by atoms with van der Waals surface area (Å²) in [4.78, 5) is 12.2. The van der Waals surface area contributed by atoms with Crippen molar-refractivity contribution in [2.24, 2.45) is 0 Å². The van der Waals surface area contributed by atoms with Crippen molar-refractivity contribution in [3.8, 4) is 17.6 Å². The predicted molar refractivity (Wildman–Crippen MR) is 100 cm³/mol. The van der Waals surface area contributed by atoms with Crippen LogP contribution in [0, 0.1) is 11.3 Å². The molecule has 0 unspecified atom stereocenters. The molecule has 0 bridgehead atoms. The molecule has 1 aliphatic heterocycles. The van der Waals surface area contributed by atoms with Gasteiger partial charge in [-0.25, -0.2) is 0 Å². The van der Waals surface area contributed by atoms with Crippen LogP contribution in [-0.4, -0.2) is 18.6 Å². The molecule has 0 fully saturated rings. The summed E-state index contributed by atoms with van der Waals surface area (Å²) in [6.45, 7) is 4.50. The second-order valence-corrected chi connectivity index (χ2v) is 6.08. The molecule has 2 aromatic carbocycles. The van der Waals surface area contributed by atoms with E-state index in [1.807, 2.05) is 32.0 Å². The van der Waals surface area contributed by atoms with Gasteiger partial charge in [-0.1, -0.05) is 6.07 Å². The van der Waals surface area contributed by atoms with Crippen LogP contribution in [-0.2, 0) is 11.2 Å². The molecule has 0 saturated carbocycles. The second-order valence-electron chi connectivity index (χ2n) is 6.08. The van der Waals surface area contributed by atoms with Crippen LogP contribution in [0.15, 0.2) is 42.5 Å². The molecule has 132 valence electrons. The number of rotatable bonds is 5. The molecule has 0 radical (unpaired) electrons. The van der Waals surface area contributed by atoms with Crippen LogP contribution in [0.25, 0.3) is 6.08 Å². The first-order chi connectivity index (χ1) is 12.6. The molecule has 5 heteroatoms. The number of anilines is 1. The van der Waals surface area contributed by atoms with E-state index in [1.165, 1.54) is 6.08 Å². The lowest BCUT2D eigenvalue weighted by Crippen LogP contribution is -2.07. The maximum absolute atomic E-state index is 12.2. The fraction of sp³-hybridized carbons (Fsp3) is 0.238. The van der Waals surface area contributed by atoms with Crippen LogP contribution < -0.4 is 14.8 Å². The molecule has 0 saturated heterocycles. The Hall–Kier alpha value is -3.26. The van der Waals surface area contributed by atoms with Gasteiger partial charge in [0.1, 0.15) is 17.6 Å². The summed E-state index contributed by atoms with van der Waals surface area (Å²) >= 11 is 0. The normalized spacial score (nSPS) is 15.2. The average molecular weight is 348 g/mol. The second kappa shape index (κ2) is 7.75. The standard InChI is InChI=1S/C21H20N2O3/c1-3-25-19-12-17-9-14(2)26-20(17)11-16(19)7-8-21(24)23-18-6-4-5-15(10-18)13-22/h4-8,10-12,14H,3,9H2,1-2H3,(H,23,24)/b8-7+/t14-/m0/s1. The Balaban J connectivity index is 1.77. The van der Waals surface area contributed by atoms with Crippen LogP contribution >= 0.6 is 0 Å².